The SMILES string of the molecule is O=C(C[NH+]1CCN(S(=O)(=O)c2cccs2)CC1)N1CCC[C@@H]2CCCC[C@H]21. The molecule has 1 saturated carbocycles. The van der Waals surface area contributed by atoms with E-state index in [1.54, 1.807) is 21.8 Å². The molecular formula is C19H30N3O3S2+. The standard InChI is InChI=1S/C19H29N3O3S2/c23-18(22-9-3-6-16-5-1-2-7-17(16)22)15-20-10-12-21(13-11-20)27(24,25)19-8-4-14-26-19/h4,8,14,16-17H,1-3,5-7,9-13,15H2/p+1/t16-,17+/m0/s1. The van der Waals surface area contributed by atoms with Crippen LogP contribution in [0.4, 0.5) is 0 Å². The molecule has 6 nitrogen and oxygen atoms in total. The van der Waals surface area contributed by atoms with E-state index in [4.69, 9.17) is 0 Å². The Morgan fingerprint density at radius 2 is 1.85 bits per heavy atom. The number of nitrogens with zero attached hydrogens (tertiary/aromatic N) is 2. The number of carbonyl (C=O) groups is 1. The molecule has 1 aliphatic carbocycles. The maximum Gasteiger partial charge on any atom is 0.278 e. The molecule has 2 atom stereocenters. The molecule has 8 heteroatoms. The quantitative estimate of drug-likeness (QED) is 0.796. The van der Waals surface area contributed by atoms with Crippen molar-refractivity contribution in [3.05, 3.63) is 17.5 Å². The first-order valence-electron chi connectivity index (χ1n) is 10.2. The zero-order chi connectivity index (χ0) is 18.9. The van der Waals surface area contributed by atoms with Gasteiger partial charge in [-0.2, -0.15) is 4.31 Å². The van der Waals surface area contributed by atoms with E-state index in [0.29, 0.717) is 48.9 Å². The Bertz CT molecular complexity index is 740. The van der Waals surface area contributed by atoms with Gasteiger partial charge in [0.2, 0.25) is 0 Å². The van der Waals surface area contributed by atoms with Gasteiger partial charge < -0.3 is 9.80 Å². The van der Waals surface area contributed by atoms with Crippen molar-refractivity contribution in [3.63, 3.8) is 0 Å². The van der Waals surface area contributed by atoms with Crippen molar-refractivity contribution in [1.82, 2.24) is 9.21 Å². The van der Waals surface area contributed by atoms with E-state index in [1.807, 2.05) is 0 Å². The Morgan fingerprint density at radius 3 is 2.59 bits per heavy atom. The Hall–Kier alpha value is -0.960. The third kappa shape index (κ3) is 4.09. The molecule has 1 aromatic rings. The Morgan fingerprint density at radius 1 is 1.11 bits per heavy atom. The van der Waals surface area contributed by atoms with Crippen molar-refractivity contribution in [3.8, 4) is 0 Å². The molecule has 1 aromatic heterocycles. The lowest BCUT2D eigenvalue weighted by molar-refractivity contribution is -0.896. The molecule has 1 N–H and O–H groups in total. The second-order valence-corrected chi connectivity index (χ2v) is 11.2. The number of piperazine rings is 1. The van der Waals surface area contributed by atoms with Crippen molar-refractivity contribution >= 4 is 27.3 Å². The smallest absolute Gasteiger partial charge is 0.278 e. The number of fused-ring (bicyclic) bond motifs is 1. The van der Waals surface area contributed by atoms with E-state index in [-0.39, 0.29) is 5.91 Å². The van der Waals surface area contributed by atoms with Crippen LogP contribution in [0.2, 0.25) is 0 Å². The molecule has 1 amide bonds. The average molecular weight is 413 g/mol. The van der Waals surface area contributed by atoms with Crippen molar-refractivity contribution in [2.45, 2.75) is 48.8 Å². The highest BCUT2D eigenvalue weighted by molar-refractivity contribution is 7.91. The second-order valence-electron chi connectivity index (χ2n) is 8.10. The number of sulfonamides is 1. The van der Waals surface area contributed by atoms with Crippen LogP contribution in [0.1, 0.15) is 38.5 Å². The van der Waals surface area contributed by atoms with Gasteiger partial charge in [0, 0.05) is 12.6 Å². The fourth-order valence-electron chi connectivity index (χ4n) is 5.01. The fraction of sp³-hybridized carbons (Fsp3) is 0.737. The average Bonchev–Trinajstić information content (AvgIpc) is 3.24. The first-order chi connectivity index (χ1) is 13.1. The lowest BCUT2D eigenvalue weighted by Gasteiger charge is -2.44. The maximum absolute atomic E-state index is 13.0. The van der Waals surface area contributed by atoms with Crippen LogP contribution in [0.5, 0.6) is 0 Å². The number of carbonyl (C=O) groups excluding carboxylic acids is 1. The predicted octanol–water partition coefficient (Wildman–Crippen LogP) is 0.819. The van der Waals surface area contributed by atoms with Crippen molar-refractivity contribution < 1.29 is 18.1 Å². The Labute approximate surface area is 166 Å². The van der Waals surface area contributed by atoms with E-state index in [9.17, 15) is 13.2 Å². The molecule has 27 heavy (non-hydrogen) atoms. The van der Waals surface area contributed by atoms with E-state index in [2.05, 4.69) is 4.90 Å². The van der Waals surface area contributed by atoms with Crippen LogP contribution in [0.3, 0.4) is 0 Å². The van der Waals surface area contributed by atoms with E-state index < -0.39 is 10.0 Å². The molecule has 0 radical (unpaired) electrons. The molecule has 3 heterocycles. The largest absolute Gasteiger partial charge is 0.335 e. The summed E-state index contributed by atoms with van der Waals surface area (Å²) >= 11 is 1.27. The normalized spacial score (nSPS) is 28.1. The third-order valence-corrected chi connectivity index (χ3v) is 9.76. The van der Waals surface area contributed by atoms with Gasteiger partial charge in [-0.25, -0.2) is 8.42 Å². The number of likely N-dealkylation sites (tertiary alicyclic amines) is 1. The van der Waals surface area contributed by atoms with Crippen molar-refractivity contribution in [2.24, 2.45) is 5.92 Å². The van der Waals surface area contributed by atoms with Gasteiger partial charge in [0.1, 0.15) is 4.21 Å². The van der Waals surface area contributed by atoms with Crippen LogP contribution < -0.4 is 4.90 Å². The van der Waals surface area contributed by atoms with Crippen LogP contribution in [-0.4, -0.2) is 68.8 Å². The summed E-state index contributed by atoms with van der Waals surface area (Å²) in [5, 5.41) is 1.80. The van der Waals surface area contributed by atoms with Crippen molar-refractivity contribution in [2.75, 3.05) is 39.3 Å². The summed E-state index contributed by atoms with van der Waals surface area (Å²) in [5.41, 5.74) is 0. The van der Waals surface area contributed by atoms with Gasteiger partial charge in [-0.15, -0.1) is 11.3 Å². The third-order valence-electron chi connectivity index (χ3n) is 6.48. The van der Waals surface area contributed by atoms with Gasteiger partial charge >= 0.3 is 0 Å². The van der Waals surface area contributed by atoms with Crippen LogP contribution in [0.25, 0.3) is 0 Å². The number of quaternary nitrogens is 1. The number of piperidine rings is 1. The molecule has 3 fully saturated rings. The van der Waals surface area contributed by atoms with E-state index in [1.165, 1.54) is 48.3 Å². The molecule has 3 aliphatic rings. The zero-order valence-corrected chi connectivity index (χ0v) is 17.4. The first-order valence-corrected chi connectivity index (χ1v) is 12.5. The highest BCUT2D eigenvalue weighted by Crippen LogP contribution is 2.35. The minimum atomic E-state index is -3.36. The van der Waals surface area contributed by atoms with Crippen LogP contribution in [0.15, 0.2) is 21.7 Å². The molecule has 0 aromatic carbocycles. The highest BCUT2D eigenvalue weighted by Gasteiger charge is 2.38. The van der Waals surface area contributed by atoms with Gasteiger partial charge in [0.25, 0.3) is 15.9 Å². The predicted molar refractivity (Wildman–Crippen MR) is 105 cm³/mol. The molecule has 150 valence electrons. The van der Waals surface area contributed by atoms with Crippen molar-refractivity contribution in [1.29, 1.82) is 0 Å². The minimum absolute atomic E-state index is 0.274. The summed E-state index contributed by atoms with van der Waals surface area (Å²) in [6, 6.07) is 3.90. The number of amides is 1. The number of hydrogen-bond acceptors (Lipinski definition) is 4. The molecule has 0 spiro atoms. The number of rotatable bonds is 4. The molecule has 4 rings (SSSR count). The topological polar surface area (TPSA) is 62.1 Å². The second kappa shape index (κ2) is 8.19. The molecule has 0 bridgehead atoms. The van der Waals surface area contributed by atoms with Gasteiger partial charge in [-0.3, -0.25) is 4.79 Å². The maximum atomic E-state index is 13.0. The zero-order valence-electron chi connectivity index (χ0n) is 15.8. The monoisotopic (exact) mass is 412 g/mol. The summed E-state index contributed by atoms with van der Waals surface area (Å²) in [4.78, 5) is 16.3. The lowest BCUT2D eigenvalue weighted by atomic mass is 9.78. The van der Waals surface area contributed by atoms with Gasteiger partial charge in [-0.1, -0.05) is 18.9 Å². The summed E-state index contributed by atoms with van der Waals surface area (Å²) in [7, 11) is -3.36. The Balaban J connectivity index is 1.32. The van der Waals surface area contributed by atoms with E-state index in [0.717, 1.165) is 13.0 Å². The number of thiophene rings is 1. The molecular weight excluding hydrogens is 382 g/mol. The van der Waals surface area contributed by atoms with Gasteiger partial charge in [0.05, 0.1) is 26.2 Å². The van der Waals surface area contributed by atoms with Crippen LogP contribution in [-0.2, 0) is 14.8 Å². The lowest BCUT2D eigenvalue weighted by Crippen LogP contribution is -3.15. The van der Waals surface area contributed by atoms with Gasteiger partial charge in [-0.05, 0) is 43.0 Å². The highest BCUT2D eigenvalue weighted by atomic mass is 32.2. The fourth-order valence-corrected chi connectivity index (χ4v) is 7.59. The Kier molecular flexibility index (Phi) is 5.87. The van der Waals surface area contributed by atoms with E-state index >= 15 is 0 Å². The van der Waals surface area contributed by atoms with Crippen LogP contribution in [0, 0.1) is 5.92 Å². The summed E-state index contributed by atoms with van der Waals surface area (Å²) < 4.78 is 27.3. The molecule has 2 saturated heterocycles. The number of nitrogens with one attached hydrogen (secondary N) is 1. The number of hydrogen-bond donors (Lipinski definition) is 1. The molecule has 0 unspecified atom stereocenters. The van der Waals surface area contributed by atoms with Gasteiger partial charge in [0.15, 0.2) is 6.54 Å². The summed E-state index contributed by atoms with van der Waals surface area (Å²) in [6.45, 7) is 3.82. The summed E-state index contributed by atoms with van der Waals surface area (Å²) in [6.07, 6.45) is 7.42. The minimum Gasteiger partial charge on any atom is -0.335 e. The first kappa shape index (κ1) is 19.4. The summed E-state index contributed by atoms with van der Waals surface area (Å²) in [5.74, 6) is 0.982. The molecule has 2 aliphatic heterocycles. The van der Waals surface area contributed by atoms with Crippen LogP contribution >= 0.6 is 11.3 Å².